The molecule has 0 bridgehead atoms. The summed E-state index contributed by atoms with van der Waals surface area (Å²) in [6, 6.07) is 18.9. The molecule has 176 valence electrons. The number of carbonyl (C=O) groups is 1. The Balaban J connectivity index is 1.54. The van der Waals surface area contributed by atoms with Gasteiger partial charge in [0.05, 0.1) is 19.6 Å². The van der Waals surface area contributed by atoms with Crippen LogP contribution < -0.4 is 15.5 Å². The Bertz CT molecular complexity index is 1120. The average molecular weight is 461 g/mol. The Kier molecular flexibility index (Phi) is 9.21. The van der Waals surface area contributed by atoms with E-state index in [1.54, 1.807) is 0 Å². The first-order valence-corrected chi connectivity index (χ1v) is 10.9. The average Bonchev–Trinajstić information content (AvgIpc) is 2.82. The molecular weight excluding hydrogens is 432 g/mol. The first-order valence-electron chi connectivity index (χ1n) is 10.9. The number of ether oxygens (including phenoxy) is 1. The fraction of sp³-hybridized carbons (Fsp3) is 0.292. The standard InChI is InChI=1S/C24H28N8O2/c1-18-16-22(32(2)13-15-34-14-12-26-31-25)30-24(27-18)29-21-10-8-20(9-11-21)28-23(33)17-19-6-4-3-5-7-19/h3-11,16H,12-15,17H2,1-2H3,(H,28,33)(H,27,29,30). The highest BCUT2D eigenvalue weighted by atomic mass is 16.5. The molecule has 10 heteroatoms. The van der Waals surface area contributed by atoms with Crippen LogP contribution in [0.3, 0.4) is 0 Å². The molecule has 1 amide bonds. The monoisotopic (exact) mass is 460 g/mol. The lowest BCUT2D eigenvalue weighted by Crippen LogP contribution is -2.24. The molecule has 0 fully saturated rings. The van der Waals surface area contributed by atoms with E-state index in [0.717, 1.165) is 28.5 Å². The third-order valence-corrected chi connectivity index (χ3v) is 4.83. The van der Waals surface area contributed by atoms with Crippen molar-refractivity contribution in [1.29, 1.82) is 0 Å². The summed E-state index contributed by atoms with van der Waals surface area (Å²) in [5.41, 5.74) is 11.6. The number of benzene rings is 2. The van der Waals surface area contributed by atoms with Crippen molar-refractivity contribution in [2.75, 3.05) is 48.9 Å². The Morgan fingerprint density at radius 1 is 1.09 bits per heavy atom. The normalized spacial score (nSPS) is 10.3. The molecule has 0 saturated heterocycles. The van der Waals surface area contributed by atoms with Crippen molar-refractivity contribution in [1.82, 2.24) is 9.97 Å². The number of nitrogens with zero attached hydrogens (tertiary/aromatic N) is 6. The van der Waals surface area contributed by atoms with Crippen LogP contribution in [0.5, 0.6) is 0 Å². The quantitative estimate of drug-likeness (QED) is 0.178. The lowest BCUT2D eigenvalue weighted by molar-refractivity contribution is -0.115. The summed E-state index contributed by atoms with van der Waals surface area (Å²) in [4.78, 5) is 26.0. The third-order valence-electron chi connectivity index (χ3n) is 4.83. The predicted molar refractivity (Wildman–Crippen MR) is 133 cm³/mol. The van der Waals surface area contributed by atoms with Crippen LogP contribution >= 0.6 is 0 Å². The van der Waals surface area contributed by atoms with Gasteiger partial charge in [-0.1, -0.05) is 35.4 Å². The van der Waals surface area contributed by atoms with Crippen LogP contribution in [0.1, 0.15) is 11.3 Å². The van der Waals surface area contributed by atoms with E-state index >= 15 is 0 Å². The number of anilines is 4. The number of aryl methyl sites for hydroxylation is 1. The number of amides is 1. The van der Waals surface area contributed by atoms with Gasteiger partial charge >= 0.3 is 0 Å². The molecule has 2 aromatic carbocycles. The highest BCUT2D eigenvalue weighted by Crippen LogP contribution is 2.20. The van der Waals surface area contributed by atoms with Crippen LogP contribution in [0.15, 0.2) is 65.8 Å². The van der Waals surface area contributed by atoms with Crippen molar-refractivity contribution in [3.05, 3.63) is 82.4 Å². The molecule has 3 aromatic rings. The summed E-state index contributed by atoms with van der Waals surface area (Å²) in [5, 5.41) is 9.56. The van der Waals surface area contributed by atoms with Crippen LogP contribution in [0.2, 0.25) is 0 Å². The summed E-state index contributed by atoms with van der Waals surface area (Å²) >= 11 is 0. The summed E-state index contributed by atoms with van der Waals surface area (Å²) < 4.78 is 5.46. The maximum Gasteiger partial charge on any atom is 0.229 e. The van der Waals surface area contributed by atoms with Gasteiger partial charge in [0, 0.05) is 48.2 Å². The lowest BCUT2D eigenvalue weighted by atomic mass is 10.1. The number of likely N-dealkylation sites (N-methyl/N-ethyl adjacent to an activating group) is 1. The molecule has 2 N–H and O–H groups in total. The van der Waals surface area contributed by atoms with E-state index in [1.165, 1.54) is 0 Å². The molecular formula is C24H28N8O2. The summed E-state index contributed by atoms with van der Waals surface area (Å²) in [6.45, 7) is 3.73. The second-order valence-electron chi connectivity index (χ2n) is 7.59. The van der Waals surface area contributed by atoms with Gasteiger partial charge in [-0.15, -0.1) is 0 Å². The minimum Gasteiger partial charge on any atom is -0.379 e. The predicted octanol–water partition coefficient (Wildman–Crippen LogP) is 4.47. The van der Waals surface area contributed by atoms with Crippen molar-refractivity contribution in [2.24, 2.45) is 5.11 Å². The van der Waals surface area contributed by atoms with E-state index in [2.05, 4.69) is 30.6 Å². The summed E-state index contributed by atoms with van der Waals surface area (Å²) in [7, 11) is 1.93. The number of rotatable bonds is 12. The van der Waals surface area contributed by atoms with Gasteiger partial charge in [-0.2, -0.15) is 4.98 Å². The molecule has 0 saturated carbocycles. The topological polar surface area (TPSA) is 128 Å². The van der Waals surface area contributed by atoms with Gasteiger partial charge in [-0.25, -0.2) is 4.98 Å². The molecule has 0 spiro atoms. The summed E-state index contributed by atoms with van der Waals surface area (Å²) in [5.74, 6) is 1.17. The van der Waals surface area contributed by atoms with Crippen molar-refractivity contribution >= 4 is 29.0 Å². The highest BCUT2D eigenvalue weighted by molar-refractivity contribution is 5.92. The Labute approximate surface area is 198 Å². The van der Waals surface area contributed by atoms with E-state index in [0.29, 0.717) is 38.7 Å². The van der Waals surface area contributed by atoms with Gasteiger partial charge in [0.1, 0.15) is 5.82 Å². The molecule has 10 nitrogen and oxygen atoms in total. The third kappa shape index (κ3) is 8.09. The smallest absolute Gasteiger partial charge is 0.229 e. The van der Waals surface area contributed by atoms with Gasteiger partial charge in [-0.05, 0) is 42.3 Å². The number of carbonyl (C=O) groups excluding carboxylic acids is 1. The van der Waals surface area contributed by atoms with Crippen molar-refractivity contribution in [3.63, 3.8) is 0 Å². The van der Waals surface area contributed by atoms with Crippen molar-refractivity contribution in [2.45, 2.75) is 13.3 Å². The van der Waals surface area contributed by atoms with E-state index in [-0.39, 0.29) is 5.91 Å². The van der Waals surface area contributed by atoms with E-state index < -0.39 is 0 Å². The zero-order chi connectivity index (χ0) is 24.2. The first kappa shape index (κ1) is 24.5. The highest BCUT2D eigenvalue weighted by Gasteiger charge is 2.08. The van der Waals surface area contributed by atoms with Gasteiger partial charge in [0.15, 0.2) is 0 Å². The van der Waals surface area contributed by atoms with E-state index in [9.17, 15) is 4.79 Å². The van der Waals surface area contributed by atoms with Gasteiger partial charge in [-0.3, -0.25) is 4.79 Å². The molecule has 0 radical (unpaired) electrons. The van der Waals surface area contributed by atoms with Gasteiger partial charge in [0.2, 0.25) is 11.9 Å². The second kappa shape index (κ2) is 12.8. The molecule has 0 atom stereocenters. The van der Waals surface area contributed by atoms with Crippen molar-refractivity contribution in [3.8, 4) is 0 Å². The SMILES string of the molecule is Cc1cc(N(C)CCOCCN=[N+]=[N-])nc(Nc2ccc(NC(=O)Cc3ccccc3)cc2)n1. The Morgan fingerprint density at radius 3 is 2.56 bits per heavy atom. The molecule has 1 aromatic heterocycles. The van der Waals surface area contributed by atoms with Crippen molar-refractivity contribution < 1.29 is 9.53 Å². The molecule has 0 aliphatic rings. The van der Waals surface area contributed by atoms with Crippen LogP contribution in [0, 0.1) is 6.92 Å². The number of aromatic nitrogens is 2. The van der Waals surface area contributed by atoms with Gasteiger partial charge in [0.25, 0.3) is 0 Å². The molecule has 3 rings (SSSR count). The lowest BCUT2D eigenvalue weighted by Gasteiger charge is -2.19. The second-order valence-corrected chi connectivity index (χ2v) is 7.59. The number of hydrogen-bond donors (Lipinski definition) is 2. The van der Waals surface area contributed by atoms with E-state index in [4.69, 9.17) is 10.3 Å². The number of azide groups is 1. The van der Waals surface area contributed by atoms with Crippen LogP contribution in [-0.4, -0.2) is 49.2 Å². The maximum atomic E-state index is 12.3. The molecule has 0 unspecified atom stereocenters. The molecule has 1 heterocycles. The molecule has 0 aliphatic heterocycles. The fourth-order valence-electron chi connectivity index (χ4n) is 3.12. The fourth-order valence-corrected chi connectivity index (χ4v) is 3.12. The zero-order valence-corrected chi connectivity index (χ0v) is 19.3. The Hall–Kier alpha value is -4.14. The minimum atomic E-state index is -0.0663. The number of hydrogen-bond acceptors (Lipinski definition) is 7. The Morgan fingerprint density at radius 2 is 1.82 bits per heavy atom. The first-order chi connectivity index (χ1) is 16.5. The molecule has 0 aliphatic carbocycles. The minimum absolute atomic E-state index is 0.0663. The summed E-state index contributed by atoms with van der Waals surface area (Å²) in [6.07, 6.45) is 0.327. The van der Waals surface area contributed by atoms with E-state index in [1.807, 2.05) is 79.5 Å². The number of nitrogens with one attached hydrogen (secondary N) is 2. The zero-order valence-electron chi connectivity index (χ0n) is 19.3. The molecule has 34 heavy (non-hydrogen) atoms. The van der Waals surface area contributed by atoms with Crippen LogP contribution in [-0.2, 0) is 16.0 Å². The largest absolute Gasteiger partial charge is 0.379 e. The maximum absolute atomic E-state index is 12.3. The van der Waals surface area contributed by atoms with Gasteiger partial charge < -0.3 is 20.3 Å². The van der Waals surface area contributed by atoms with Crippen LogP contribution in [0.25, 0.3) is 10.4 Å². The van der Waals surface area contributed by atoms with Crippen LogP contribution in [0.4, 0.5) is 23.1 Å².